The lowest BCUT2D eigenvalue weighted by Gasteiger charge is -2.28. The molecule has 98 valence electrons. The lowest BCUT2D eigenvalue weighted by atomic mass is 9.89. The lowest BCUT2D eigenvalue weighted by molar-refractivity contribution is -0.144. The third-order valence-corrected chi connectivity index (χ3v) is 3.89. The van der Waals surface area contributed by atoms with Gasteiger partial charge >= 0.3 is 5.97 Å². The van der Waals surface area contributed by atoms with Crippen LogP contribution in [0.1, 0.15) is 30.7 Å². The monoisotopic (exact) mass is 288 g/mol. The topological polar surface area (TPSA) is 46.5 Å². The number of carboxylic acid groups (broad SMARTS) is 1. The fourth-order valence-electron chi connectivity index (χ4n) is 2.25. The van der Waals surface area contributed by atoms with Crippen molar-refractivity contribution in [3.8, 4) is 0 Å². The van der Waals surface area contributed by atoms with E-state index in [2.05, 4.69) is 0 Å². The molecule has 0 saturated carbocycles. The first-order valence-corrected chi connectivity index (χ1v) is 6.64. The van der Waals surface area contributed by atoms with Crippen molar-refractivity contribution in [3.63, 3.8) is 0 Å². The average molecular weight is 289 g/mol. The van der Waals surface area contributed by atoms with E-state index in [1.165, 1.54) is 0 Å². The Labute approximate surface area is 116 Å². The largest absolute Gasteiger partial charge is 0.481 e. The van der Waals surface area contributed by atoms with Crippen molar-refractivity contribution in [1.82, 2.24) is 0 Å². The van der Waals surface area contributed by atoms with Gasteiger partial charge < -0.3 is 9.84 Å². The molecule has 0 aliphatic carbocycles. The first-order chi connectivity index (χ1) is 8.59. The van der Waals surface area contributed by atoms with E-state index in [4.69, 9.17) is 27.9 Å². The van der Waals surface area contributed by atoms with Crippen molar-refractivity contribution in [1.29, 1.82) is 0 Å². The molecule has 0 radical (unpaired) electrons. The Morgan fingerprint density at radius 3 is 2.67 bits per heavy atom. The number of carbonyl (C=O) groups is 1. The predicted molar refractivity (Wildman–Crippen MR) is 70.4 cm³/mol. The van der Waals surface area contributed by atoms with E-state index in [1.807, 2.05) is 0 Å². The molecular weight excluding hydrogens is 275 g/mol. The van der Waals surface area contributed by atoms with E-state index in [1.54, 1.807) is 18.2 Å². The average Bonchev–Trinajstić information content (AvgIpc) is 2.35. The minimum atomic E-state index is -0.889. The summed E-state index contributed by atoms with van der Waals surface area (Å²) in [6, 6.07) is 4.93. The fraction of sp³-hybridized carbons (Fsp3) is 0.462. The van der Waals surface area contributed by atoms with Crippen LogP contribution < -0.4 is 0 Å². The second-order valence-corrected chi connectivity index (χ2v) is 5.21. The van der Waals surface area contributed by atoms with Gasteiger partial charge in [0.2, 0.25) is 0 Å². The van der Waals surface area contributed by atoms with Crippen LogP contribution in [-0.4, -0.2) is 23.8 Å². The predicted octanol–water partition coefficient (Wildman–Crippen LogP) is 3.73. The lowest BCUT2D eigenvalue weighted by Crippen LogP contribution is -2.31. The van der Waals surface area contributed by atoms with Crippen LogP contribution in [0.3, 0.4) is 0 Å². The molecule has 0 bridgehead atoms. The Balaban J connectivity index is 2.28. The molecule has 2 rings (SSSR count). The fourth-order valence-corrected chi connectivity index (χ4v) is 2.56. The third-order valence-electron chi connectivity index (χ3n) is 3.16. The van der Waals surface area contributed by atoms with Crippen LogP contribution in [0.25, 0.3) is 0 Å². The molecule has 1 aliphatic rings. The summed E-state index contributed by atoms with van der Waals surface area (Å²) in [5, 5.41) is 10.2. The number of hydrogen-bond donors (Lipinski definition) is 1. The maximum atomic E-state index is 11.4. The summed E-state index contributed by atoms with van der Waals surface area (Å²) in [5.74, 6) is -1.57. The van der Waals surface area contributed by atoms with Crippen LogP contribution in [0.2, 0.25) is 10.0 Å². The summed E-state index contributed by atoms with van der Waals surface area (Å²) in [4.78, 5) is 11.4. The zero-order valence-electron chi connectivity index (χ0n) is 9.73. The maximum absolute atomic E-state index is 11.4. The summed E-state index contributed by atoms with van der Waals surface area (Å²) >= 11 is 11.8. The Morgan fingerprint density at radius 1 is 1.33 bits per heavy atom. The molecule has 0 unspecified atom stereocenters. The normalized spacial score (nSPS) is 21.6. The molecule has 1 aromatic rings. The Bertz CT molecular complexity index is 442. The highest BCUT2D eigenvalue weighted by Crippen LogP contribution is 2.32. The number of aliphatic carboxylic acids is 1. The number of benzene rings is 1. The van der Waals surface area contributed by atoms with Crippen LogP contribution in [0.15, 0.2) is 18.2 Å². The summed E-state index contributed by atoms with van der Waals surface area (Å²) in [6.07, 6.45) is 2.46. The van der Waals surface area contributed by atoms with Gasteiger partial charge in [-0.05, 0) is 37.0 Å². The summed E-state index contributed by atoms with van der Waals surface area (Å²) in [6.45, 7) is 0.621. The van der Waals surface area contributed by atoms with E-state index in [0.717, 1.165) is 19.3 Å². The number of hydrogen-bond acceptors (Lipinski definition) is 2. The van der Waals surface area contributed by atoms with Gasteiger partial charge in [0, 0.05) is 6.61 Å². The Hall–Kier alpha value is -0.770. The Morgan fingerprint density at radius 2 is 2.11 bits per heavy atom. The van der Waals surface area contributed by atoms with Gasteiger partial charge in [-0.2, -0.15) is 0 Å². The molecule has 18 heavy (non-hydrogen) atoms. The minimum Gasteiger partial charge on any atom is -0.481 e. The molecule has 1 N–H and O–H groups in total. The molecule has 1 aromatic carbocycles. The second kappa shape index (κ2) is 5.91. The highest BCUT2D eigenvalue weighted by molar-refractivity contribution is 6.42. The van der Waals surface area contributed by atoms with Gasteiger partial charge in [-0.3, -0.25) is 4.79 Å². The van der Waals surface area contributed by atoms with Gasteiger partial charge in [0.05, 0.1) is 16.1 Å². The van der Waals surface area contributed by atoms with Gasteiger partial charge in [0.1, 0.15) is 5.92 Å². The highest BCUT2D eigenvalue weighted by atomic mass is 35.5. The molecule has 1 heterocycles. The van der Waals surface area contributed by atoms with Gasteiger partial charge in [-0.15, -0.1) is 0 Å². The smallest absolute Gasteiger partial charge is 0.313 e. The molecule has 2 atom stereocenters. The van der Waals surface area contributed by atoms with Crippen LogP contribution in [0, 0.1) is 0 Å². The first kappa shape index (κ1) is 13.7. The molecule has 1 aliphatic heterocycles. The standard InChI is InChI=1S/C13H14Cl2O3/c14-9-5-4-8(7-10(9)15)12(13(16)17)11-3-1-2-6-18-11/h4-5,7,11-12H,1-3,6H2,(H,16,17)/t11-,12+/m1/s1. The van der Waals surface area contributed by atoms with Crippen molar-refractivity contribution >= 4 is 29.2 Å². The van der Waals surface area contributed by atoms with Crippen molar-refractivity contribution in [2.75, 3.05) is 6.61 Å². The zero-order chi connectivity index (χ0) is 13.1. The SMILES string of the molecule is O=C(O)[C@@H](c1ccc(Cl)c(Cl)c1)[C@H]1CCCCO1. The van der Waals surface area contributed by atoms with E-state index in [9.17, 15) is 9.90 Å². The molecule has 0 aromatic heterocycles. The molecule has 5 heteroatoms. The number of ether oxygens (including phenoxy) is 1. The Kier molecular flexibility index (Phi) is 4.49. The van der Waals surface area contributed by atoms with Crippen molar-refractivity contribution in [2.24, 2.45) is 0 Å². The van der Waals surface area contributed by atoms with Crippen LogP contribution in [-0.2, 0) is 9.53 Å². The molecule has 1 fully saturated rings. The minimum absolute atomic E-state index is 0.284. The number of halogens is 2. The van der Waals surface area contributed by atoms with Crippen molar-refractivity contribution in [2.45, 2.75) is 31.3 Å². The summed E-state index contributed by atoms with van der Waals surface area (Å²) in [5.41, 5.74) is 0.642. The van der Waals surface area contributed by atoms with Gasteiger partial charge in [-0.1, -0.05) is 29.3 Å². The van der Waals surface area contributed by atoms with E-state index in [-0.39, 0.29) is 6.10 Å². The molecular formula is C13H14Cl2O3. The molecule has 0 amide bonds. The quantitative estimate of drug-likeness (QED) is 0.922. The summed E-state index contributed by atoms with van der Waals surface area (Å²) < 4.78 is 5.57. The zero-order valence-corrected chi connectivity index (χ0v) is 11.2. The van der Waals surface area contributed by atoms with E-state index < -0.39 is 11.9 Å². The first-order valence-electron chi connectivity index (χ1n) is 5.89. The molecule has 3 nitrogen and oxygen atoms in total. The van der Waals surface area contributed by atoms with Crippen LogP contribution in [0.4, 0.5) is 0 Å². The maximum Gasteiger partial charge on any atom is 0.313 e. The molecule has 0 spiro atoms. The highest BCUT2D eigenvalue weighted by Gasteiger charge is 2.32. The number of rotatable bonds is 3. The summed E-state index contributed by atoms with van der Waals surface area (Å²) in [7, 11) is 0. The third kappa shape index (κ3) is 2.97. The second-order valence-electron chi connectivity index (χ2n) is 4.39. The van der Waals surface area contributed by atoms with E-state index >= 15 is 0 Å². The van der Waals surface area contributed by atoms with Gasteiger partial charge in [0.25, 0.3) is 0 Å². The van der Waals surface area contributed by atoms with Crippen LogP contribution in [0.5, 0.6) is 0 Å². The van der Waals surface area contributed by atoms with Crippen molar-refractivity contribution < 1.29 is 14.6 Å². The van der Waals surface area contributed by atoms with Crippen LogP contribution >= 0.6 is 23.2 Å². The van der Waals surface area contributed by atoms with Gasteiger partial charge in [0.15, 0.2) is 0 Å². The van der Waals surface area contributed by atoms with E-state index in [0.29, 0.717) is 22.2 Å². The van der Waals surface area contributed by atoms with Gasteiger partial charge in [-0.25, -0.2) is 0 Å². The number of carboxylic acids is 1. The molecule has 1 saturated heterocycles. The van der Waals surface area contributed by atoms with Crippen molar-refractivity contribution in [3.05, 3.63) is 33.8 Å².